The molecule has 1 aliphatic rings. The Morgan fingerprint density at radius 2 is 2.45 bits per heavy atom. The second-order valence-electron chi connectivity index (χ2n) is 2.59. The lowest BCUT2D eigenvalue weighted by Crippen LogP contribution is -2.18. The highest BCUT2D eigenvalue weighted by molar-refractivity contribution is 5.65. The second kappa shape index (κ2) is 3.69. The number of hydrogen-bond acceptors (Lipinski definition) is 4. The van der Waals surface area contributed by atoms with Crippen LogP contribution in [0.5, 0.6) is 0 Å². The first-order valence-corrected chi connectivity index (χ1v) is 3.65. The van der Waals surface area contributed by atoms with E-state index in [0.29, 0.717) is 6.42 Å². The van der Waals surface area contributed by atoms with Crippen molar-refractivity contribution in [1.82, 2.24) is 0 Å². The van der Waals surface area contributed by atoms with Gasteiger partial charge in [-0.1, -0.05) is 0 Å². The predicted octanol–water partition coefficient (Wildman–Crippen LogP) is 0.0469. The van der Waals surface area contributed by atoms with Crippen LogP contribution in [0.3, 0.4) is 0 Å². The Morgan fingerprint density at radius 3 is 2.91 bits per heavy atom. The van der Waals surface area contributed by atoms with Gasteiger partial charge in [-0.3, -0.25) is 4.79 Å². The number of carbonyl (C=O) groups is 1. The number of ether oxygens (including phenoxy) is 2. The molecule has 1 unspecified atom stereocenters. The van der Waals surface area contributed by atoms with Gasteiger partial charge in [0.25, 0.3) is 0 Å². The van der Waals surface area contributed by atoms with Crippen molar-refractivity contribution in [3.8, 4) is 0 Å². The summed E-state index contributed by atoms with van der Waals surface area (Å²) in [6.45, 7) is 1.61. The first-order chi connectivity index (χ1) is 5.18. The van der Waals surface area contributed by atoms with E-state index >= 15 is 0 Å². The zero-order valence-corrected chi connectivity index (χ0v) is 6.45. The van der Waals surface area contributed by atoms with Crippen LogP contribution in [-0.2, 0) is 14.3 Å². The number of aliphatic hydroxyl groups excluding tert-OH is 1. The number of aliphatic hydroxyl groups is 1. The fraction of sp³-hybridized carbons (Fsp3) is 0.857. The fourth-order valence-electron chi connectivity index (χ4n) is 1.02. The largest absolute Gasteiger partial charge is 0.463 e. The van der Waals surface area contributed by atoms with Crippen LogP contribution in [0.2, 0.25) is 0 Å². The Kier molecular flexibility index (Phi) is 2.84. The van der Waals surface area contributed by atoms with Gasteiger partial charge in [0.05, 0.1) is 6.10 Å². The number of esters is 1. The highest BCUT2D eigenvalue weighted by Gasteiger charge is 2.23. The maximum atomic E-state index is 10.3. The van der Waals surface area contributed by atoms with Crippen molar-refractivity contribution < 1.29 is 19.4 Å². The van der Waals surface area contributed by atoms with Crippen molar-refractivity contribution in [2.24, 2.45) is 0 Å². The molecule has 1 rings (SSSR count). The van der Waals surface area contributed by atoms with E-state index in [2.05, 4.69) is 0 Å². The van der Waals surface area contributed by atoms with Gasteiger partial charge in [0.15, 0.2) is 6.29 Å². The van der Waals surface area contributed by atoms with Gasteiger partial charge < -0.3 is 14.6 Å². The van der Waals surface area contributed by atoms with Gasteiger partial charge in [0, 0.05) is 13.3 Å². The number of carbonyl (C=O) groups excluding carboxylic acids is 1. The Hall–Kier alpha value is -0.610. The summed E-state index contributed by atoms with van der Waals surface area (Å²) in [6, 6.07) is 0. The molecule has 1 heterocycles. The average molecular weight is 160 g/mol. The van der Waals surface area contributed by atoms with E-state index in [1.54, 1.807) is 0 Å². The van der Waals surface area contributed by atoms with E-state index in [-0.39, 0.29) is 18.7 Å². The molecule has 0 spiro atoms. The maximum absolute atomic E-state index is 10.3. The molecule has 0 amide bonds. The van der Waals surface area contributed by atoms with Crippen LogP contribution in [0.1, 0.15) is 19.8 Å². The van der Waals surface area contributed by atoms with Crippen molar-refractivity contribution in [2.45, 2.75) is 32.2 Å². The minimum absolute atomic E-state index is 0.117. The van der Waals surface area contributed by atoms with E-state index in [1.165, 1.54) is 6.92 Å². The topological polar surface area (TPSA) is 55.8 Å². The number of hydrogen-bond donors (Lipinski definition) is 1. The zero-order chi connectivity index (χ0) is 8.27. The van der Waals surface area contributed by atoms with Gasteiger partial charge >= 0.3 is 5.97 Å². The molecule has 0 saturated carbocycles. The Morgan fingerprint density at radius 1 is 1.73 bits per heavy atom. The molecule has 4 nitrogen and oxygen atoms in total. The molecular formula is C7H12O4. The number of rotatable bonds is 2. The van der Waals surface area contributed by atoms with Crippen molar-refractivity contribution in [3.05, 3.63) is 0 Å². The Balaban J connectivity index is 2.13. The monoisotopic (exact) mass is 160 g/mol. The summed E-state index contributed by atoms with van der Waals surface area (Å²) in [5.74, 6) is -0.310. The summed E-state index contributed by atoms with van der Waals surface area (Å²) >= 11 is 0. The summed E-state index contributed by atoms with van der Waals surface area (Å²) in [7, 11) is 0. The highest BCUT2D eigenvalue weighted by Crippen LogP contribution is 2.17. The molecule has 11 heavy (non-hydrogen) atoms. The first-order valence-electron chi connectivity index (χ1n) is 3.65. The van der Waals surface area contributed by atoms with Crippen molar-refractivity contribution in [2.75, 3.05) is 6.61 Å². The Labute approximate surface area is 65.1 Å². The molecule has 0 bridgehead atoms. The van der Waals surface area contributed by atoms with Crippen LogP contribution in [0.25, 0.3) is 0 Å². The third-order valence-corrected chi connectivity index (χ3v) is 1.56. The third kappa shape index (κ3) is 2.86. The second-order valence-corrected chi connectivity index (χ2v) is 2.59. The summed E-state index contributed by atoms with van der Waals surface area (Å²) < 4.78 is 9.69. The van der Waals surface area contributed by atoms with E-state index in [0.717, 1.165) is 6.42 Å². The maximum Gasteiger partial charge on any atom is 0.302 e. The molecule has 2 atom stereocenters. The van der Waals surface area contributed by atoms with E-state index in [4.69, 9.17) is 14.6 Å². The molecule has 0 aliphatic carbocycles. The van der Waals surface area contributed by atoms with Gasteiger partial charge in [0.1, 0.15) is 6.61 Å². The zero-order valence-electron chi connectivity index (χ0n) is 6.45. The molecular weight excluding hydrogens is 148 g/mol. The molecule has 0 aromatic carbocycles. The van der Waals surface area contributed by atoms with Gasteiger partial charge in [-0.05, 0) is 6.42 Å². The highest BCUT2D eigenvalue weighted by atomic mass is 16.6. The lowest BCUT2D eigenvalue weighted by atomic mass is 10.2. The van der Waals surface area contributed by atoms with Gasteiger partial charge in [-0.25, -0.2) is 0 Å². The average Bonchev–Trinajstić information content (AvgIpc) is 2.31. The minimum atomic E-state index is -0.671. The molecule has 1 N–H and O–H groups in total. The summed E-state index contributed by atoms with van der Waals surface area (Å²) in [5, 5.41) is 8.90. The molecule has 0 aromatic rings. The van der Waals surface area contributed by atoms with Crippen molar-refractivity contribution in [1.29, 1.82) is 0 Å². The van der Waals surface area contributed by atoms with Crippen molar-refractivity contribution in [3.63, 3.8) is 0 Å². The van der Waals surface area contributed by atoms with E-state index in [1.807, 2.05) is 0 Å². The van der Waals surface area contributed by atoms with Crippen LogP contribution < -0.4 is 0 Å². The van der Waals surface area contributed by atoms with Gasteiger partial charge in [-0.2, -0.15) is 0 Å². The molecule has 0 radical (unpaired) electrons. The molecule has 4 heteroatoms. The smallest absolute Gasteiger partial charge is 0.302 e. The quantitative estimate of drug-likeness (QED) is 0.580. The standard InChI is InChI=1S/C7H12O4/c1-5(8)10-4-6-2-3-7(9)11-6/h6-7,9H,2-4H2,1H3/t6-,7?/m0/s1. The minimum Gasteiger partial charge on any atom is -0.463 e. The lowest BCUT2D eigenvalue weighted by molar-refractivity contribution is -0.150. The normalized spacial score (nSPS) is 30.4. The molecule has 64 valence electrons. The van der Waals surface area contributed by atoms with Crippen molar-refractivity contribution >= 4 is 5.97 Å². The lowest BCUT2D eigenvalue weighted by Gasteiger charge is -2.09. The van der Waals surface area contributed by atoms with Crippen LogP contribution in [0.4, 0.5) is 0 Å². The first kappa shape index (κ1) is 8.49. The van der Waals surface area contributed by atoms with Gasteiger partial charge in [-0.15, -0.1) is 0 Å². The Bertz CT molecular complexity index is 145. The summed E-state index contributed by atoms with van der Waals surface area (Å²) in [6.07, 6.45) is 0.602. The molecule has 1 fully saturated rings. The third-order valence-electron chi connectivity index (χ3n) is 1.56. The SMILES string of the molecule is CC(=O)OC[C@@H]1CCC(O)O1. The van der Waals surface area contributed by atoms with Crippen LogP contribution in [0, 0.1) is 0 Å². The van der Waals surface area contributed by atoms with Crippen LogP contribution >= 0.6 is 0 Å². The molecule has 0 aromatic heterocycles. The van der Waals surface area contributed by atoms with Crippen LogP contribution in [-0.4, -0.2) is 30.1 Å². The van der Waals surface area contributed by atoms with Gasteiger partial charge in [0.2, 0.25) is 0 Å². The molecule has 1 aliphatic heterocycles. The summed E-state index contributed by atoms with van der Waals surface area (Å²) in [4.78, 5) is 10.3. The van der Waals surface area contributed by atoms with Crippen LogP contribution in [0.15, 0.2) is 0 Å². The fourth-order valence-corrected chi connectivity index (χ4v) is 1.02. The van der Waals surface area contributed by atoms with E-state index < -0.39 is 6.29 Å². The van der Waals surface area contributed by atoms with E-state index in [9.17, 15) is 4.79 Å². The predicted molar refractivity (Wildman–Crippen MR) is 36.7 cm³/mol. The summed E-state index contributed by atoms with van der Waals surface area (Å²) in [5.41, 5.74) is 0. The molecule has 1 saturated heterocycles.